The van der Waals surface area contributed by atoms with Gasteiger partial charge in [0.05, 0.1) is 18.8 Å². The molecule has 4 nitrogen and oxygen atoms in total. The fourth-order valence-corrected chi connectivity index (χ4v) is 1.80. The first-order valence-electron chi connectivity index (χ1n) is 4.96. The monoisotopic (exact) mass is 195 g/mol. The average molecular weight is 195 g/mol. The zero-order valence-corrected chi connectivity index (χ0v) is 8.71. The number of aromatic amines is 1. The maximum absolute atomic E-state index is 6.21. The highest BCUT2D eigenvalue weighted by atomic mass is 16.5. The minimum absolute atomic E-state index is 0.358. The second-order valence-electron chi connectivity index (χ2n) is 4.44. The summed E-state index contributed by atoms with van der Waals surface area (Å²) in [6.45, 7) is 5.68. The molecule has 0 spiro atoms. The first kappa shape index (κ1) is 9.68. The second kappa shape index (κ2) is 3.37. The Balaban J connectivity index is 2.06. The van der Waals surface area contributed by atoms with Gasteiger partial charge in [0.15, 0.2) is 0 Å². The lowest BCUT2D eigenvalue weighted by Gasteiger charge is -2.33. The van der Waals surface area contributed by atoms with Crippen LogP contribution in [0.3, 0.4) is 0 Å². The number of hydrogen-bond donors (Lipinski definition) is 2. The molecule has 1 aliphatic rings. The van der Waals surface area contributed by atoms with Crippen LogP contribution in [0.25, 0.3) is 0 Å². The summed E-state index contributed by atoms with van der Waals surface area (Å²) >= 11 is 0. The van der Waals surface area contributed by atoms with Crippen molar-refractivity contribution < 1.29 is 4.74 Å². The Kier molecular flexibility index (Phi) is 2.33. The van der Waals surface area contributed by atoms with Crippen molar-refractivity contribution in [3.63, 3.8) is 0 Å². The summed E-state index contributed by atoms with van der Waals surface area (Å²) in [6, 6.07) is 0. The van der Waals surface area contributed by atoms with Crippen molar-refractivity contribution in [3.05, 3.63) is 17.7 Å². The Hall–Kier alpha value is -0.870. The van der Waals surface area contributed by atoms with E-state index in [1.807, 2.05) is 20.0 Å². The highest BCUT2D eigenvalue weighted by Gasteiger charge is 2.31. The summed E-state index contributed by atoms with van der Waals surface area (Å²) in [5.74, 6) is 1.47. The standard InChI is InChI=1S/C10H17N3O/c1-7-4-12-9(13-7)10(2,11)3-8-5-14-6-8/h4,8H,3,5-6,11H2,1-2H3,(H,12,13). The predicted molar refractivity (Wildman–Crippen MR) is 53.8 cm³/mol. The smallest absolute Gasteiger partial charge is 0.126 e. The maximum Gasteiger partial charge on any atom is 0.126 e. The van der Waals surface area contributed by atoms with Crippen molar-refractivity contribution in [3.8, 4) is 0 Å². The number of H-pyrrole nitrogens is 1. The van der Waals surface area contributed by atoms with Crippen LogP contribution in [-0.2, 0) is 10.3 Å². The van der Waals surface area contributed by atoms with Gasteiger partial charge in [-0.15, -0.1) is 0 Å². The van der Waals surface area contributed by atoms with Crippen LogP contribution in [0.5, 0.6) is 0 Å². The fraction of sp³-hybridized carbons (Fsp3) is 0.700. The molecule has 0 radical (unpaired) electrons. The molecule has 14 heavy (non-hydrogen) atoms. The molecule has 1 atom stereocenters. The maximum atomic E-state index is 6.21. The van der Waals surface area contributed by atoms with Crippen LogP contribution < -0.4 is 5.73 Å². The van der Waals surface area contributed by atoms with Gasteiger partial charge >= 0.3 is 0 Å². The molecule has 4 heteroatoms. The number of aryl methyl sites for hydroxylation is 1. The largest absolute Gasteiger partial charge is 0.381 e. The SMILES string of the molecule is Cc1cnc(C(C)(N)CC2COC2)[nH]1. The molecule has 2 rings (SSSR count). The number of nitrogens with zero attached hydrogens (tertiary/aromatic N) is 1. The van der Waals surface area contributed by atoms with E-state index in [0.717, 1.165) is 31.2 Å². The zero-order chi connectivity index (χ0) is 10.2. The summed E-state index contributed by atoms with van der Waals surface area (Å²) in [6.07, 6.45) is 2.75. The predicted octanol–water partition coefficient (Wildman–Crippen LogP) is 0.929. The number of ether oxygens (including phenoxy) is 1. The summed E-state index contributed by atoms with van der Waals surface area (Å²) in [5, 5.41) is 0. The van der Waals surface area contributed by atoms with Crippen molar-refractivity contribution in [2.24, 2.45) is 11.7 Å². The highest BCUT2D eigenvalue weighted by Crippen LogP contribution is 2.27. The van der Waals surface area contributed by atoms with E-state index in [9.17, 15) is 0 Å². The Bertz CT molecular complexity index is 315. The molecule has 1 unspecified atom stereocenters. The van der Waals surface area contributed by atoms with E-state index in [1.54, 1.807) is 0 Å². The van der Waals surface area contributed by atoms with Gasteiger partial charge in [0.2, 0.25) is 0 Å². The Morgan fingerprint density at radius 3 is 2.86 bits per heavy atom. The van der Waals surface area contributed by atoms with Gasteiger partial charge in [0, 0.05) is 17.8 Å². The van der Waals surface area contributed by atoms with Gasteiger partial charge < -0.3 is 15.5 Å². The molecular formula is C10H17N3O. The van der Waals surface area contributed by atoms with Crippen molar-refractivity contribution in [2.75, 3.05) is 13.2 Å². The molecule has 78 valence electrons. The summed E-state index contributed by atoms with van der Waals surface area (Å²) < 4.78 is 5.14. The Labute approximate surface area is 83.9 Å². The molecule has 1 aromatic heterocycles. The summed E-state index contributed by atoms with van der Waals surface area (Å²) in [4.78, 5) is 7.47. The normalized spacial score (nSPS) is 21.6. The van der Waals surface area contributed by atoms with Crippen LogP contribution in [0.4, 0.5) is 0 Å². The van der Waals surface area contributed by atoms with Crippen LogP contribution in [0.2, 0.25) is 0 Å². The molecule has 1 saturated heterocycles. The Morgan fingerprint density at radius 1 is 1.71 bits per heavy atom. The fourth-order valence-electron chi connectivity index (χ4n) is 1.80. The first-order chi connectivity index (χ1) is 6.58. The molecule has 3 N–H and O–H groups in total. The number of hydrogen-bond acceptors (Lipinski definition) is 3. The van der Waals surface area contributed by atoms with Crippen LogP contribution in [0.1, 0.15) is 24.9 Å². The molecule has 0 aromatic carbocycles. The third kappa shape index (κ3) is 1.81. The van der Waals surface area contributed by atoms with Crippen LogP contribution in [-0.4, -0.2) is 23.2 Å². The van der Waals surface area contributed by atoms with E-state index in [0.29, 0.717) is 5.92 Å². The van der Waals surface area contributed by atoms with Gasteiger partial charge in [-0.3, -0.25) is 0 Å². The van der Waals surface area contributed by atoms with Gasteiger partial charge in [-0.25, -0.2) is 4.98 Å². The van der Waals surface area contributed by atoms with Gasteiger partial charge in [-0.05, 0) is 20.3 Å². The third-order valence-electron chi connectivity index (χ3n) is 2.66. The highest BCUT2D eigenvalue weighted by molar-refractivity contribution is 5.08. The number of nitrogens with two attached hydrogens (primary N) is 1. The number of imidazole rings is 1. The van der Waals surface area contributed by atoms with Gasteiger partial charge in [-0.1, -0.05) is 0 Å². The van der Waals surface area contributed by atoms with E-state index in [4.69, 9.17) is 10.5 Å². The lowest BCUT2D eigenvalue weighted by Crippen LogP contribution is -2.41. The lowest BCUT2D eigenvalue weighted by atomic mass is 9.88. The number of aromatic nitrogens is 2. The van der Waals surface area contributed by atoms with E-state index >= 15 is 0 Å². The molecule has 0 aliphatic carbocycles. The van der Waals surface area contributed by atoms with Crippen LogP contribution in [0.15, 0.2) is 6.20 Å². The van der Waals surface area contributed by atoms with Crippen molar-refractivity contribution in [1.29, 1.82) is 0 Å². The van der Waals surface area contributed by atoms with Crippen LogP contribution >= 0.6 is 0 Å². The molecule has 1 fully saturated rings. The zero-order valence-electron chi connectivity index (χ0n) is 8.71. The molecule has 0 bridgehead atoms. The minimum Gasteiger partial charge on any atom is -0.381 e. The third-order valence-corrected chi connectivity index (χ3v) is 2.66. The number of nitrogens with one attached hydrogen (secondary N) is 1. The van der Waals surface area contributed by atoms with Crippen molar-refractivity contribution in [1.82, 2.24) is 9.97 Å². The second-order valence-corrected chi connectivity index (χ2v) is 4.44. The topological polar surface area (TPSA) is 63.9 Å². The Morgan fingerprint density at radius 2 is 2.43 bits per heavy atom. The van der Waals surface area contributed by atoms with Crippen molar-refractivity contribution >= 4 is 0 Å². The first-order valence-corrected chi connectivity index (χ1v) is 4.96. The summed E-state index contributed by atoms with van der Waals surface area (Å²) in [5.41, 5.74) is 6.91. The van der Waals surface area contributed by atoms with Gasteiger partial charge in [-0.2, -0.15) is 0 Å². The molecule has 0 saturated carbocycles. The van der Waals surface area contributed by atoms with Crippen LogP contribution in [0, 0.1) is 12.8 Å². The quantitative estimate of drug-likeness (QED) is 0.754. The van der Waals surface area contributed by atoms with Crippen molar-refractivity contribution in [2.45, 2.75) is 25.8 Å². The molecule has 1 aliphatic heterocycles. The summed E-state index contributed by atoms with van der Waals surface area (Å²) in [7, 11) is 0. The molecule has 0 amide bonds. The lowest BCUT2D eigenvalue weighted by molar-refractivity contribution is -0.0449. The molecule has 1 aromatic rings. The molecular weight excluding hydrogens is 178 g/mol. The van der Waals surface area contributed by atoms with E-state index < -0.39 is 0 Å². The van der Waals surface area contributed by atoms with E-state index in [1.165, 1.54) is 0 Å². The van der Waals surface area contributed by atoms with E-state index in [-0.39, 0.29) is 5.54 Å². The molecule has 2 heterocycles. The number of rotatable bonds is 3. The minimum atomic E-state index is -0.358. The van der Waals surface area contributed by atoms with Gasteiger partial charge in [0.1, 0.15) is 5.82 Å². The van der Waals surface area contributed by atoms with Gasteiger partial charge in [0.25, 0.3) is 0 Å². The van der Waals surface area contributed by atoms with E-state index in [2.05, 4.69) is 9.97 Å². The average Bonchev–Trinajstić information content (AvgIpc) is 2.45.